The van der Waals surface area contributed by atoms with Gasteiger partial charge < -0.3 is 23.4 Å². The van der Waals surface area contributed by atoms with Crippen LogP contribution in [-0.2, 0) is 28.2 Å². The van der Waals surface area contributed by atoms with Crippen LogP contribution < -0.4 is 0 Å². The van der Waals surface area contributed by atoms with Gasteiger partial charge in [-0.3, -0.25) is 0 Å². The smallest absolute Gasteiger partial charge is 0.192 e. The number of ether oxygens (including phenoxy) is 2. The van der Waals surface area contributed by atoms with Gasteiger partial charge in [-0.15, -0.1) is 0 Å². The van der Waals surface area contributed by atoms with Crippen molar-refractivity contribution in [2.24, 2.45) is 28.6 Å². The van der Waals surface area contributed by atoms with Crippen molar-refractivity contribution >= 4 is 26.5 Å². The second-order valence-electron chi connectivity index (χ2n) is 23.3. The Morgan fingerprint density at radius 3 is 2.11 bits per heavy atom. The topological polar surface area (TPSA) is 91.3 Å². The van der Waals surface area contributed by atoms with E-state index in [0.29, 0.717) is 25.6 Å². The van der Waals surface area contributed by atoms with Crippen molar-refractivity contribution < 1.29 is 31.9 Å². The summed E-state index contributed by atoms with van der Waals surface area (Å²) in [5.74, 6) is -0.431. The summed E-state index contributed by atoms with van der Waals surface area (Å²) in [6.07, 6.45) is 14.3. The van der Waals surface area contributed by atoms with E-state index in [0.717, 1.165) is 76.2 Å². The quantitative estimate of drug-likeness (QED) is 0.175. The van der Waals surface area contributed by atoms with Crippen LogP contribution in [0.3, 0.4) is 0 Å². The van der Waals surface area contributed by atoms with Crippen LogP contribution in [0.25, 0.3) is 0 Å². The van der Waals surface area contributed by atoms with Gasteiger partial charge in [0, 0.05) is 18.3 Å². The Labute approximate surface area is 374 Å². The fourth-order valence-corrected chi connectivity index (χ4v) is 16.2. The first kappa shape index (κ1) is 49.1. The second kappa shape index (κ2) is 17.8. The van der Waals surface area contributed by atoms with E-state index < -0.39 is 49.0 Å². The minimum atomic E-state index is -3.88. The Kier molecular flexibility index (Phi) is 14.3. The van der Waals surface area contributed by atoms with Gasteiger partial charge in [-0.2, -0.15) is 0 Å². The zero-order valence-electron chi connectivity index (χ0n) is 40.5. The fourth-order valence-electron chi connectivity index (χ4n) is 11.5. The maximum absolute atomic E-state index is 14.8. The molecule has 4 saturated carbocycles. The van der Waals surface area contributed by atoms with Gasteiger partial charge in [-0.1, -0.05) is 111 Å². The van der Waals surface area contributed by atoms with Crippen LogP contribution in [0.5, 0.6) is 0 Å². The molecule has 1 aromatic rings. The van der Waals surface area contributed by atoms with E-state index in [4.69, 9.17) is 24.9 Å². The highest BCUT2D eigenvalue weighted by atomic mass is 32.2. The van der Waals surface area contributed by atoms with Crippen molar-refractivity contribution in [1.82, 2.24) is 0 Å². The van der Waals surface area contributed by atoms with Crippen molar-refractivity contribution in [3.05, 3.63) is 65.8 Å². The number of hydrogen-bond donors (Lipinski definition) is 1. The minimum Gasteiger partial charge on any atom is -0.413 e. The lowest BCUT2D eigenvalue weighted by Crippen LogP contribution is -2.49. The molecule has 1 aromatic carbocycles. The van der Waals surface area contributed by atoms with Gasteiger partial charge in [0.05, 0.1) is 41.7 Å². The average Bonchev–Trinajstić information content (AvgIpc) is 3.66. The van der Waals surface area contributed by atoms with E-state index in [-0.39, 0.29) is 44.4 Å². The summed E-state index contributed by atoms with van der Waals surface area (Å²) in [6, 6.07) is 8.80. The molecule has 7 nitrogen and oxygen atoms in total. The summed E-state index contributed by atoms with van der Waals surface area (Å²) in [6.45, 7) is 35.7. The Balaban J connectivity index is 1.28. The first-order valence-corrected chi connectivity index (χ1v) is 31.3. The first-order valence-electron chi connectivity index (χ1n) is 23.9. The molecule has 61 heavy (non-hydrogen) atoms. The SMILES string of the molecule is C=C1C(=CC=C2CCC[C@]3(C)[C@@H]([C@H](C)C(O)C(CC4(C5(CCC)OCCO5)CC4)S(=O)(=O)c4ccccc4)CC[C@@H]23)C[C@@H](O[Si](C)(C)C(C)(C)C)C[C@@H]1O[Si](C)(C)C(C)(C)C. The third-order valence-corrected chi connectivity index (χ3v) is 28.6. The highest BCUT2D eigenvalue weighted by Gasteiger charge is 2.65. The van der Waals surface area contributed by atoms with E-state index in [2.05, 4.69) is 101 Å². The summed E-state index contributed by atoms with van der Waals surface area (Å²) in [7, 11) is -7.99. The lowest BCUT2D eigenvalue weighted by molar-refractivity contribution is -0.214. The zero-order chi connectivity index (χ0) is 45.0. The molecule has 5 aliphatic rings. The molecule has 1 saturated heterocycles. The van der Waals surface area contributed by atoms with Gasteiger partial charge in [-0.25, -0.2) is 8.42 Å². The van der Waals surface area contributed by atoms with Crippen LogP contribution in [0.4, 0.5) is 0 Å². The molecule has 0 spiro atoms. The molecule has 344 valence electrons. The third kappa shape index (κ3) is 9.64. The van der Waals surface area contributed by atoms with E-state index in [9.17, 15) is 13.5 Å². The number of benzene rings is 1. The number of aliphatic hydroxyl groups is 1. The Bertz CT molecular complexity index is 1880. The molecule has 6 rings (SSSR count). The predicted molar refractivity (Wildman–Crippen MR) is 255 cm³/mol. The van der Waals surface area contributed by atoms with Crippen molar-refractivity contribution in [1.29, 1.82) is 0 Å². The van der Waals surface area contributed by atoms with E-state index in [1.165, 1.54) is 11.1 Å². The van der Waals surface area contributed by atoms with Crippen molar-refractivity contribution in [3.8, 4) is 0 Å². The van der Waals surface area contributed by atoms with Crippen LogP contribution in [0, 0.1) is 28.6 Å². The number of aliphatic hydroxyl groups excluding tert-OH is 1. The monoisotopic (exact) mass is 897 g/mol. The lowest BCUT2D eigenvalue weighted by atomic mass is 9.60. The number of sulfone groups is 1. The number of fused-ring (bicyclic) bond motifs is 1. The zero-order valence-corrected chi connectivity index (χ0v) is 43.3. The van der Waals surface area contributed by atoms with E-state index >= 15 is 0 Å². The molecule has 8 atom stereocenters. The molecule has 4 aliphatic carbocycles. The van der Waals surface area contributed by atoms with Gasteiger partial charge in [0.2, 0.25) is 0 Å². The van der Waals surface area contributed by atoms with Gasteiger partial charge in [0.1, 0.15) is 0 Å². The molecular formula is C51H84O7SSi2. The maximum Gasteiger partial charge on any atom is 0.192 e. The summed E-state index contributed by atoms with van der Waals surface area (Å²) in [5, 5.41) is 11.9. The molecule has 10 heteroatoms. The Morgan fingerprint density at radius 1 is 0.934 bits per heavy atom. The van der Waals surface area contributed by atoms with Gasteiger partial charge in [-0.05, 0) is 140 Å². The molecule has 5 fully saturated rings. The van der Waals surface area contributed by atoms with Crippen molar-refractivity contribution in [3.63, 3.8) is 0 Å². The highest BCUT2D eigenvalue weighted by Crippen LogP contribution is 2.64. The predicted octanol–water partition coefficient (Wildman–Crippen LogP) is 12.7. The minimum absolute atomic E-state index is 0.0477. The summed E-state index contributed by atoms with van der Waals surface area (Å²) in [4.78, 5) is 0.282. The third-order valence-electron chi connectivity index (χ3n) is 17.4. The van der Waals surface area contributed by atoms with Crippen molar-refractivity contribution in [2.75, 3.05) is 13.2 Å². The number of rotatable bonds is 15. The van der Waals surface area contributed by atoms with Crippen LogP contribution in [0.15, 0.2) is 70.7 Å². The second-order valence-corrected chi connectivity index (χ2v) is 35.0. The highest BCUT2D eigenvalue weighted by molar-refractivity contribution is 7.92. The normalized spacial score (nSPS) is 31.3. The van der Waals surface area contributed by atoms with Crippen LogP contribution >= 0.6 is 0 Å². The molecule has 0 bridgehead atoms. The standard InChI is InChI=1S/C51H84O7SSi2/c1-15-27-51(55-31-32-56-51)50(29-30-50)35-45(59(53,54)41-21-17-16-18-22-41)46(52)37(3)42-25-26-43-38(20-19-28-49(42,43)10)23-24-39-33-40(57-60(11,12)47(4,5)6)34-44(36(39)2)58-61(13,14)48(7,8)9/h16-18,21-24,37,40,42-46,52H,2,15,19-20,25-35H2,1,3-14H3/t37-,40+,42+,43-,44-,45?,46?,49+/m0/s1. The number of allylic oxidation sites excluding steroid dienone is 3. The van der Waals surface area contributed by atoms with Crippen molar-refractivity contribution in [2.45, 2.75) is 210 Å². The van der Waals surface area contributed by atoms with Gasteiger partial charge >= 0.3 is 0 Å². The molecule has 0 amide bonds. The summed E-state index contributed by atoms with van der Waals surface area (Å²) in [5.41, 5.74) is 3.36. The largest absolute Gasteiger partial charge is 0.413 e. The maximum atomic E-state index is 14.8. The Morgan fingerprint density at radius 2 is 1.54 bits per heavy atom. The fraction of sp³-hybridized carbons (Fsp3) is 0.765. The van der Waals surface area contributed by atoms with E-state index in [1.54, 1.807) is 24.3 Å². The van der Waals surface area contributed by atoms with Gasteiger partial charge in [0.25, 0.3) is 0 Å². The average molecular weight is 897 g/mol. The van der Waals surface area contributed by atoms with Crippen LogP contribution in [0.1, 0.15) is 139 Å². The molecule has 0 radical (unpaired) electrons. The van der Waals surface area contributed by atoms with Crippen LogP contribution in [-0.4, -0.2) is 72.7 Å². The Hall–Kier alpha value is -1.38. The molecule has 1 N–H and O–H groups in total. The van der Waals surface area contributed by atoms with Gasteiger partial charge in [0.15, 0.2) is 32.3 Å². The molecule has 1 heterocycles. The van der Waals surface area contributed by atoms with E-state index in [1.807, 2.05) is 6.07 Å². The molecular weight excluding hydrogens is 813 g/mol. The summed E-state index contributed by atoms with van der Waals surface area (Å²) < 4.78 is 56.6. The first-order chi connectivity index (χ1) is 28.2. The number of hydrogen-bond acceptors (Lipinski definition) is 7. The summed E-state index contributed by atoms with van der Waals surface area (Å²) >= 11 is 0. The lowest BCUT2D eigenvalue weighted by Gasteiger charge is -2.46. The molecule has 1 aliphatic heterocycles. The molecule has 2 unspecified atom stereocenters. The van der Waals surface area contributed by atoms with Crippen LogP contribution in [0.2, 0.25) is 36.3 Å². The molecule has 0 aromatic heterocycles.